The zero-order valence-electron chi connectivity index (χ0n) is 13.1. The first kappa shape index (κ1) is 16.0. The molecular formula is C16H26N2O3. The second kappa shape index (κ2) is 6.60. The minimum atomic E-state index is -0.186. The topological polar surface area (TPSA) is 49.9 Å². The minimum Gasteiger partial charge on any atom is -0.382 e. The van der Waals surface area contributed by atoms with Crippen LogP contribution in [0.3, 0.4) is 0 Å². The van der Waals surface area contributed by atoms with Crippen LogP contribution < -0.4 is 0 Å². The molecule has 1 heterocycles. The van der Waals surface area contributed by atoms with Gasteiger partial charge in [0.2, 0.25) is 11.8 Å². The van der Waals surface area contributed by atoms with Crippen molar-refractivity contribution < 1.29 is 14.3 Å². The summed E-state index contributed by atoms with van der Waals surface area (Å²) in [6.45, 7) is 7.41. The highest BCUT2D eigenvalue weighted by atomic mass is 16.5. The van der Waals surface area contributed by atoms with Crippen LogP contribution in [0.1, 0.15) is 32.6 Å². The molecule has 0 N–H and O–H groups in total. The molecule has 0 radical (unpaired) electrons. The first-order valence-electron chi connectivity index (χ1n) is 7.79. The van der Waals surface area contributed by atoms with E-state index in [1.807, 2.05) is 11.8 Å². The Kier molecular flexibility index (Phi) is 5.04. The molecule has 1 atom stereocenters. The first-order chi connectivity index (χ1) is 10.1. The highest BCUT2D eigenvalue weighted by molar-refractivity contribution is 5.91. The fraction of sp³-hybridized carbons (Fsp3) is 0.750. The molecule has 2 amide bonds. The van der Waals surface area contributed by atoms with Crippen LogP contribution in [-0.2, 0) is 14.3 Å². The number of ether oxygens (including phenoxy) is 1. The Morgan fingerprint density at radius 3 is 2.71 bits per heavy atom. The van der Waals surface area contributed by atoms with Crippen LogP contribution in [0.15, 0.2) is 12.7 Å². The van der Waals surface area contributed by atoms with Crippen molar-refractivity contribution in [3.8, 4) is 0 Å². The molecule has 21 heavy (non-hydrogen) atoms. The van der Waals surface area contributed by atoms with E-state index in [1.54, 1.807) is 7.11 Å². The fourth-order valence-electron chi connectivity index (χ4n) is 3.56. The number of carbonyl (C=O) groups is 2. The molecule has 1 aliphatic carbocycles. The van der Waals surface area contributed by atoms with E-state index >= 15 is 0 Å². The molecular weight excluding hydrogens is 268 g/mol. The lowest BCUT2D eigenvalue weighted by atomic mass is 9.91. The van der Waals surface area contributed by atoms with E-state index in [-0.39, 0.29) is 23.9 Å². The molecule has 1 saturated carbocycles. The SMILES string of the molecule is C=CC(=O)N(CC)CC(=O)N1CCCC1(COC)C1CC1. The largest absolute Gasteiger partial charge is 0.382 e. The van der Waals surface area contributed by atoms with Crippen LogP contribution in [0.5, 0.6) is 0 Å². The number of rotatable bonds is 7. The number of likely N-dealkylation sites (tertiary alicyclic amines) is 1. The van der Waals surface area contributed by atoms with Gasteiger partial charge in [-0.2, -0.15) is 0 Å². The summed E-state index contributed by atoms with van der Waals surface area (Å²) in [5, 5.41) is 0. The van der Waals surface area contributed by atoms with E-state index in [9.17, 15) is 9.59 Å². The van der Waals surface area contributed by atoms with Crippen molar-refractivity contribution in [3.63, 3.8) is 0 Å². The molecule has 0 bridgehead atoms. The van der Waals surface area contributed by atoms with Crippen molar-refractivity contribution in [3.05, 3.63) is 12.7 Å². The van der Waals surface area contributed by atoms with Crippen LogP contribution in [0.25, 0.3) is 0 Å². The predicted molar refractivity (Wildman–Crippen MR) is 80.7 cm³/mol. The van der Waals surface area contributed by atoms with Gasteiger partial charge in [0.05, 0.1) is 12.1 Å². The molecule has 5 heteroatoms. The van der Waals surface area contributed by atoms with Gasteiger partial charge < -0.3 is 14.5 Å². The number of hydrogen-bond acceptors (Lipinski definition) is 3. The Balaban J connectivity index is 2.09. The molecule has 1 unspecified atom stereocenters. The molecule has 1 saturated heterocycles. The summed E-state index contributed by atoms with van der Waals surface area (Å²) < 4.78 is 5.42. The second-order valence-electron chi connectivity index (χ2n) is 6.02. The van der Waals surface area contributed by atoms with Crippen molar-refractivity contribution in [1.29, 1.82) is 0 Å². The molecule has 118 valence electrons. The third kappa shape index (κ3) is 3.12. The number of nitrogens with zero attached hydrogens (tertiary/aromatic N) is 2. The van der Waals surface area contributed by atoms with Gasteiger partial charge in [0.1, 0.15) is 6.54 Å². The van der Waals surface area contributed by atoms with Gasteiger partial charge in [0.25, 0.3) is 0 Å². The summed E-state index contributed by atoms with van der Waals surface area (Å²) in [5.41, 5.74) is -0.136. The number of likely N-dealkylation sites (N-methyl/N-ethyl adjacent to an activating group) is 1. The average Bonchev–Trinajstić information content (AvgIpc) is 3.26. The zero-order chi connectivity index (χ0) is 15.5. The van der Waals surface area contributed by atoms with Crippen molar-refractivity contribution >= 4 is 11.8 Å². The summed E-state index contributed by atoms with van der Waals surface area (Å²) in [6, 6.07) is 0. The zero-order valence-corrected chi connectivity index (χ0v) is 13.1. The molecule has 0 aromatic heterocycles. The van der Waals surface area contributed by atoms with Gasteiger partial charge >= 0.3 is 0 Å². The van der Waals surface area contributed by atoms with Gasteiger partial charge in [-0.1, -0.05) is 6.58 Å². The summed E-state index contributed by atoms with van der Waals surface area (Å²) >= 11 is 0. The van der Waals surface area contributed by atoms with E-state index in [2.05, 4.69) is 6.58 Å². The second-order valence-corrected chi connectivity index (χ2v) is 6.02. The first-order valence-corrected chi connectivity index (χ1v) is 7.79. The van der Waals surface area contributed by atoms with Crippen molar-refractivity contribution in [1.82, 2.24) is 9.80 Å². The normalized spacial score (nSPS) is 25.0. The van der Waals surface area contributed by atoms with Gasteiger partial charge in [-0.3, -0.25) is 9.59 Å². The maximum atomic E-state index is 12.7. The molecule has 0 aromatic rings. The van der Waals surface area contributed by atoms with Gasteiger partial charge in [-0.05, 0) is 44.6 Å². The maximum Gasteiger partial charge on any atom is 0.246 e. The molecule has 2 fully saturated rings. The van der Waals surface area contributed by atoms with Gasteiger partial charge in [0, 0.05) is 20.2 Å². The molecule has 5 nitrogen and oxygen atoms in total. The lowest BCUT2D eigenvalue weighted by molar-refractivity contribution is -0.143. The third-order valence-corrected chi connectivity index (χ3v) is 4.76. The van der Waals surface area contributed by atoms with Crippen LogP contribution >= 0.6 is 0 Å². The van der Waals surface area contributed by atoms with E-state index in [0.29, 0.717) is 19.1 Å². The summed E-state index contributed by atoms with van der Waals surface area (Å²) in [4.78, 5) is 28.0. The van der Waals surface area contributed by atoms with E-state index in [0.717, 1.165) is 19.4 Å². The summed E-state index contributed by atoms with van der Waals surface area (Å²) in [6.07, 6.45) is 5.66. The predicted octanol–water partition coefficient (Wildman–Crippen LogP) is 1.44. The Morgan fingerprint density at radius 2 is 2.19 bits per heavy atom. The number of methoxy groups -OCH3 is 1. The third-order valence-electron chi connectivity index (χ3n) is 4.76. The molecule has 0 spiro atoms. The quantitative estimate of drug-likeness (QED) is 0.668. The highest BCUT2D eigenvalue weighted by Gasteiger charge is 2.53. The van der Waals surface area contributed by atoms with E-state index in [4.69, 9.17) is 4.74 Å². The molecule has 2 aliphatic rings. The summed E-state index contributed by atoms with van der Waals surface area (Å²) in [5.74, 6) is 0.413. The van der Waals surface area contributed by atoms with Crippen molar-refractivity contribution in [2.75, 3.05) is 33.4 Å². The molecule has 2 rings (SSSR count). The van der Waals surface area contributed by atoms with Crippen LogP contribution in [-0.4, -0.2) is 60.5 Å². The number of carbonyl (C=O) groups excluding carboxylic acids is 2. The monoisotopic (exact) mass is 294 g/mol. The number of amides is 2. The fourth-order valence-corrected chi connectivity index (χ4v) is 3.56. The Labute approximate surface area is 126 Å². The standard InChI is InChI=1S/C16H26N2O3/c1-4-14(19)17(5-2)11-15(20)18-10-6-9-16(18,12-21-3)13-7-8-13/h4,13H,1,5-12H2,2-3H3. The maximum absolute atomic E-state index is 12.7. The lowest BCUT2D eigenvalue weighted by Crippen LogP contribution is -2.55. The van der Waals surface area contributed by atoms with Gasteiger partial charge in [0.15, 0.2) is 0 Å². The van der Waals surface area contributed by atoms with Crippen molar-refractivity contribution in [2.45, 2.75) is 38.1 Å². The molecule has 1 aliphatic heterocycles. The van der Waals surface area contributed by atoms with Crippen LogP contribution in [0, 0.1) is 5.92 Å². The Morgan fingerprint density at radius 1 is 1.48 bits per heavy atom. The lowest BCUT2D eigenvalue weighted by Gasteiger charge is -2.39. The van der Waals surface area contributed by atoms with Crippen molar-refractivity contribution in [2.24, 2.45) is 5.92 Å². The Bertz CT molecular complexity index is 420. The summed E-state index contributed by atoms with van der Waals surface area (Å²) in [7, 11) is 1.70. The van der Waals surface area contributed by atoms with Gasteiger partial charge in [-0.15, -0.1) is 0 Å². The Hall–Kier alpha value is -1.36. The molecule has 0 aromatic carbocycles. The van der Waals surface area contributed by atoms with E-state index < -0.39 is 0 Å². The smallest absolute Gasteiger partial charge is 0.246 e. The van der Waals surface area contributed by atoms with E-state index in [1.165, 1.54) is 23.8 Å². The number of hydrogen-bond donors (Lipinski definition) is 0. The minimum absolute atomic E-state index is 0.0356. The van der Waals surface area contributed by atoms with Crippen LogP contribution in [0.4, 0.5) is 0 Å². The van der Waals surface area contributed by atoms with Crippen LogP contribution in [0.2, 0.25) is 0 Å². The highest BCUT2D eigenvalue weighted by Crippen LogP contribution is 2.48. The average molecular weight is 294 g/mol. The van der Waals surface area contributed by atoms with Gasteiger partial charge in [-0.25, -0.2) is 0 Å².